The highest BCUT2D eigenvalue weighted by molar-refractivity contribution is 5.82. The number of nitrogens with two attached hydrogens (primary N) is 1. The molecule has 0 aliphatic carbocycles. The molecule has 1 aliphatic heterocycles. The Bertz CT molecular complexity index is 235. The van der Waals surface area contributed by atoms with Gasteiger partial charge >= 0.3 is 0 Å². The molecular weight excluding hydrogens is 192 g/mol. The summed E-state index contributed by atoms with van der Waals surface area (Å²) >= 11 is 0. The Kier molecular flexibility index (Phi) is 3.73. The first-order valence-electron chi connectivity index (χ1n) is 5.51. The topological polar surface area (TPSA) is 66.6 Å². The minimum atomic E-state index is -0.449. The molecule has 15 heavy (non-hydrogen) atoms. The van der Waals surface area contributed by atoms with Crippen molar-refractivity contribution in [2.24, 2.45) is 17.1 Å². The Morgan fingerprint density at radius 2 is 2.20 bits per heavy atom. The number of carbonyl (C=O) groups is 1. The average molecular weight is 214 g/mol. The van der Waals surface area contributed by atoms with Crippen molar-refractivity contribution in [2.45, 2.75) is 33.2 Å². The molecule has 1 aliphatic rings. The van der Waals surface area contributed by atoms with Crippen molar-refractivity contribution in [1.82, 2.24) is 4.90 Å². The van der Waals surface area contributed by atoms with E-state index in [2.05, 4.69) is 0 Å². The predicted molar refractivity (Wildman–Crippen MR) is 59.2 cm³/mol. The minimum absolute atomic E-state index is 0.0125. The molecule has 0 radical (unpaired) electrons. The van der Waals surface area contributed by atoms with Gasteiger partial charge in [0.15, 0.2) is 0 Å². The fourth-order valence-electron chi connectivity index (χ4n) is 1.75. The zero-order valence-corrected chi connectivity index (χ0v) is 9.86. The lowest BCUT2D eigenvalue weighted by atomic mass is 9.86. The van der Waals surface area contributed by atoms with Crippen molar-refractivity contribution in [3.63, 3.8) is 0 Å². The Hall–Kier alpha value is -0.610. The summed E-state index contributed by atoms with van der Waals surface area (Å²) in [5.74, 6) is 0.250. The van der Waals surface area contributed by atoms with E-state index in [-0.39, 0.29) is 23.8 Å². The van der Waals surface area contributed by atoms with E-state index >= 15 is 0 Å². The Morgan fingerprint density at radius 1 is 1.60 bits per heavy atom. The molecule has 0 spiro atoms. The van der Waals surface area contributed by atoms with Gasteiger partial charge in [0, 0.05) is 25.6 Å². The molecule has 1 heterocycles. The van der Waals surface area contributed by atoms with Gasteiger partial charge in [0.05, 0.1) is 6.04 Å². The summed E-state index contributed by atoms with van der Waals surface area (Å²) in [6, 6.07) is -0.449. The molecule has 2 unspecified atom stereocenters. The van der Waals surface area contributed by atoms with Gasteiger partial charge in [-0.25, -0.2) is 0 Å². The average Bonchev–Trinajstić information content (AvgIpc) is 2.62. The van der Waals surface area contributed by atoms with Gasteiger partial charge in [0.1, 0.15) is 0 Å². The second kappa shape index (κ2) is 4.49. The third-order valence-electron chi connectivity index (χ3n) is 3.05. The van der Waals surface area contributed by atoms with Crippen molar-refractivity contribution in [2.75, 3.05) is 19.7 Å². The van der Waals surface area contributed by atoms with Gasteiger partial charge in [-0.15, -0.1) is 0 Å². The van der Waals surface area contributed by atoms with Crippen molar-refractivity contribution in [3.05, 3.63) is 0 Å². The van der Waals surface area contributed by atoms with Crippen LogP contribution in [-0.4, -0.2) is 41.7 Å². The van der Waals surface area contributed by atoms with Crippen molar-refractivity contribution in [3.8, 4) is 0 Å². The van der Waals surface area contributed by atoms with Crippen molar-refractivity contribution in [1.29, 1.82) is 0 Å². The summed E-state index contributed by atoms with van der Waals surface area (Å²) in [5.41, 5.74) is 5.71. The van der Waals surface area contributed by atoms with E-state index < -0.39 is 6.04 Å². The predicted octanol–water partition coefficient (Wildman–Crippen LogP) is 0.201. The Labute approximate surface area is 91.4 Å². The van der Waals surface area contributed by atoms with Crippen LogP contribution in [-0.2, 0) is 4.79 Å². The summed E-state index contributed by atoms with van der Waals surface area (Å²) in [6.07, 6.45) is 0.888. The number of aliphatic hydroxyl groups is 1. The van der Waals surface area contributed by atoms with Gasteiger partial charge in [-0.2, -0.15) is 0 Å². The lowest BCUT2D eigenvalue weighted by Crippen LogP contribution is -2.49. The second-order valence-corrected chi connectivity index (χ2v) is 5.47. The molecule has 1 saturated heterocycles. The smallest absolute Gasteiger partial charge is 0.240 e. The molecule has 0 bridgehead atoms. The first-order valence-corrected chi connectivity index (χ1v) is 5.51. The van der Waals surface area contributed by atoms with Gasteiger partial charge in [-0.1, -0.05) is 20.8 Å². The maximum atomic E-state index is 12.0. The van der Waals surface area contributed by atoms with Gasteiger partial charge in [-0.3, -0.25) is 4.79 Å². The van der Waals surface area contributed by atoms with Gasteiger partial charge < -0.3 is 15.7 Å². The van der Waals surface area contributed by atoms with E-state index in [1.54, 1.807) is 4.90 Å². The minimum Gasteiger partial charge on any atom is -0.396 e. The fraction of sp³-hybridized carbons (Fsp3) is 0.909. The maximum absolute atomic E-state index is 12.0. The molecule has 1 fully saturated rings. The summed E-state index contributed by atoms with van der Waals surface area (Å²) in [6.45, 7) is 7.45. The van der Waals surface area contributed by atoms with Crippen LogP contribution in [0.3, 0.4) is 0 Å². The van der Waals surface area contributed by atoms with Gasteiger partial charge in [0.2, 0.25) is 5.91 Å². The van der Waals surface area contributed by atoms with Crippen molar-refractivity contribution < 1.29 is 9.90 Å². The maximum Gasteiger partial charge on any atom is 0.240 e. The molecule has 4 nitrogen and oxygen atoms in total. The number of likely N-dealkylation sites (tertiary alicyclic amines) is 1. The van der Waals surface area contributed by atoms with Crippen LogP contribution in [0, 0.1) is 11.3 Å². The Balaban J connectivity index is 2.55. The van der Waals surface area contributed by atoms with Crippen molar-refractivity contribution >= 4 is 5.91 Å². The molecular formula is C11H22N2O2. The molecule has 2 atom stereocenters. The first-order chi connectivity index (χ1) is 6.86. The zero-order chi connectivity index (χ0) is 11.6. The SMILES string of the molecule is CC(C)(C)C(N)C(=O)N1CCC(CO)C1. The Morgan fingerprint density at radius 3 is 2.60 bits per heavy atom. The lowest BCUT2D eigenvalue weighted by molar-refractivity contribution is -0.134. The highest BCUT2D eigenvalue weighted by Crippen LogP contribution is 2.22. The molecule has 0 saturated carbocycles. The fourth-order valence-corrected chi connectivity index (χ4v) is 1.75. The van der Waals surface area contributed by atoms with Crippen LogP contribution in [0.4, 0.5) is 0 Å². The van der Waals surface area contributed by atoms with E-state index in [1.165, 1.54) is 0 Å². The number of hydrogen-bond acceptors (Lipinski definition) is 3. The van der Waals surface area contributed by atoms with Crippen LogP contribution in [0.5, 0.6) is 0 Å². The van der Waals surface area contributed by atoms with Crippen LogP contribution in [0.25, 0.3) is 0 Å². The zero-order valence-electron chi connectivity index (χ0n) is 9.86. The first kappa shape index (κ1) is 12.5. The highest BCUT2D eigenvalue weighted by atomic mass is 16.3. The number of nitrogens with zero attached hydrogens (tertiary/aromatic N) is 1. The molecule has 0 aromatic carbocycles. The number of amides is 1. The number of hydrogen-bond donors (Lipinski definition) is 2. The monoisotopic (exact) mass is 214 g/mol. The van der Waals surface area contributed by atoms with Gasteiger partial charge in [0.25, 0.3) is 0 Å². The summed E-state index contributed by atoms with van der Waals surface area (Å²) in [4.78, 5) is 13.7. The molecule has 3 N–H and O–H groups in total. The normalized spacial score (nSPS) is 24.3. The third kappa shape index (κ3) is 2.92. The van der Waals surface area contributed by atoms with E-state index in [0.29, 0.717) is 6.54 Å². The van der Waals surface area contributed by atoms with Crippen LogP contribution in [0.2, 0.25) is 0 Å². The quantitative estimate of drug-likeness (QED) is 0.690. The second-order valence-electron chi connectivity index (χ2n) is 5.47. The molecule has 0 aromatic rings. The lowest BCUT2D eigenvalue weighted by Gasteiger charge is -2.29. The molecule has 88 valence electrons. The molecule has 0 aromatic heterocycles. The summed E-state index contributed by atoms with van der Waals surface area (Å²) in [5, 5.41) is 8.99. The molecule has 4 heteroatoms. The summed E-state index contributed by atoms with van der Waals surface area (Å²) in [7, 11) is 0. The molecule has 1 rings (SSSR count). The standard InChI is InChI=1S/C11H22N2O2/c1-11(2,3)9(12)10(15)13-5-4-8(6-13)7-14/h8-9,14H,4-7,12H2,1-3H3. The largest absolute Gasteiger partial charge is 0.396 e. The number of carbonyl (C=O) groups excluding carboxylic acids is 1. The highest BCUT2D eigenvalue weighted by Gasteiger charge is 2.34. The summed E-state index contributed by atoms with van der Waals surface area (Å²) < 4.78 is 0. The van der Waals surface area contributed by atoms with E-state index in [1.807, 2.05) is 20.8 Å². The third-order valence-corrected chi connectivity index (χ3v) is 3.05. The van der Waals surface area contributed by atoms with E-state index in [4.69, 9.17) is 10.8 Å². The van der Waals surface area contributed by atoms with E-state index in [9.17, 15) is 4.79 Å². The van der Waals surface area contributed by atoms with E-state index in [0.717, 1.165) is 13.0 Å². The number of rotatable bonds is 2. The van der Waals surface area contributed by atoms with Crippen LogP contribution in [0.15, 0.2) is 0 Å². The van der Waals surface area contributed by atoms with Crippen LogP contribution >= 0.6 is 0 Å². The van der Waals surface area contributed by atoms with Crippen LogP contribution in [0.1, 0.15) is 27.2 Å². The molecule has 1 amide bonds. The van der Waals surface area contributed by atoms with Gasteiger partial charge in [-0.05, 0) is 11.8 Å². The number of aliphatic hydroxyl groups excluding tert-OH is 1. The van der Waals surface area contributed by atoms with Crippen LogP contribution < -0.4 is 5.73 Å².